The summed E-state index contributed by atoms with van der Waals surface area (Å²) in [4.78, 5) is 24.7. The molecule has 0 aromatic heterocycles. The SMILES string of the molecule is Cc1cc([N+](=O)[O-])ccc1N(Cc1ccccc1)C(=O)OC(C)(C)C. The number of carbonyl (C=O) groups excluding carboxylic acids is 1. The fraction of sp³-hybridized carbons (Fsp3) is 0.316. The van der Waals surface area contributed by atoms with Crippen molar-refractivity contribution < 1.29 is 14.5 Å². The summed E-state index contributed by atoms with van der Waals surface area (Å²) in [5.74, 6) is 0. The molecule has 0 atom stereocenters. The zero-order chi connectivity index (χ0) is 18.6. The highest BCUT2D eigenvalue weighted by Crippen LogP contribution is 2.27. The molecule has 6 nitrogen and oxygen atoms in total. The van der Waals surface area contributed by atoms with Gasteiger partial charge < -0.3 is 4.74 Å². The van der Waals surface area contributed by atoms with Crippen molar-refractivity contribution in [3.8, 4) is 0 Å². The minimum absolute atomic E-state index is 0.00917. The lowest BCUT2D eigenvalue weighted by atomic mass is 10.1. The molecule has 6 heteroatoms. The molecular weight excluding hydrogens is 320 g/mol. The molecular formula is C19H22N2O4. The van der Waals surface area contributed by atoms with Crippen LogP contribution in [0.5, 0.6) is 0 Å². The van der Waals surface area contributed by atoms with E-state index in [9.17, 15) is 14.9 Å². The third-order valence-electron chi connectivity index (χ3n) is 3.48. The number of amides is 1. The number of nitrogens with zero attached hydrogens (tertiary/aromatic N) is 2. The molecule has 0 aliphatic carbocycles. The van der Waals surface area contributed by atoms with E-state index in [-0.39, 0.29) is 5.69 Å². The van der Waals surface area contributed by atoms with Crippen LogP contribution in [0.2, 0.25) is 0 Å². The summed E-state index contributed by atoms with van der Waals surface area (Å²) < 4.78 is 5.51. The molecule has 0 N–H and O–H groups in total. The van der Waals surface area contributed by atoms with E-state index in [1.807, 2.05) is 30.3 Å². The van der Waals surface area contributed by atoms with Gasteiger partial charge in [0.2, 0.25) is 0 Å². The molecule has 0 radical (unpaired) electrons. The average Bonchev–Trinajstić information content (AvgIpc) is 2.52. The number of anilines is 1. The number of carbonyl (C=O) groups is 1. The summed E-state index contributed by atoms with van der Waals surface area (Å²) in [5.41, 5.74) is 1.51. The van der Waals surface area contributed by atoms with Crippen LogP contribution in [0, 0.1) is 17.0 Å². The van der Waals surface area contributed by atoms with E-state index in [0.717, 1.165) is 5.56 Å². The second-order valence-electron chi connectivity index (χ2n) is 6.78. The van der Waals surface area contributed by atoms with E-state index in [0.29, 0.717) is 17.8 Å². The number of non-ortho nitro benzene ring substituents is 1. The van der Waals surface area contributed by atoms with E-state index in [4.69, 9.17) is 4.74 Å². The van der Waals surface area contributed by atoms with Crippen LogP contribution in [0.25, 0.3) is 0 Å². The van der Waals surface area contributed by atoms with Crippen molar-refractivity contribution in [1.82, 2.24) is 0 Å². The van der Waals surface area contributed by atoms with E-state index in [1.54, 1.807) is 33.8 Å². The third-order valence-corrected chi connectivity index (χ3v) is 3.48. The fourth-order valence-electron chi connectivity index (χ4n) is 2.39. The summed E-state index contributed by atoms with van der Waals surface area (Å²) in [5, 5.41) is 10.9. The number of nitro benzene ring substituents is 1. The Hall–Kier alpha value is -2.89. The van der Waals surface area contributed by atoms with Crippen molar-refractivity contribution in [2.75, 3.05) is 4.90 Å². The fourth-order valence-corrected chi connectivity index (χ4v) is 2.39. The Labute approximate surface area is 147 Å². The molecule has 25 heavy (non-hydrogen) atoms. The average molecular weight is 342 g/mol. The molecule has 0 saturated carbocycles. The van der Waals surface area contributed by atoms with Crippen molar-refractivity contribution in [2.45, 2.75) is 39.8 Å². The smallest absolute Gasteiger partial charge is 0.415 e. The van der Waals surface area contributed by atoms with Crippen molar-refractivity contribution in [1.29, 1.82) is 0 Å². The van der Waals surface area contributed by atoms with E-state index in [1.165, 1.54) is 17.0 Å². The monoisotopic (exact) mass is 342 g/mol. The Morgan fingerprint density at radius 1 is 1.16 bits per heavy atom. The maximum atomic E-state index is 12.7. The lowest BCUT2D eigenvalue weighted by molar-refractivity contribution is -0.384. The first kappa shape index (κ1) is 18.4. The van der Waals surface area contributed by atoms with Crippen LogP contribution >= 0.6 is 0 Å². The minimum Gasteiger partial charge on any atom is -0.443 e. The quantitative estimate of drug-likeness (QED) is 0.588. The number of rotatable bonds is 4. The van der Waals surface area contributed by atoms with E-state index in [2.05, 4.69) is 0 Å². The largest absolute Gasteiger partial charge is 0.443 e. The Kier molecular flexibility index (Phi) is 5.41. The van der Waals surface area contributed by atoms with Crippen molar-refractivity contribution >= 4 is 17.5 Å². The Morgan fingerprint density at radius 3 is 2.32 bits per heavy atom. The van der Waals surface area contributed by atoms with E-state index < -0.39 is 16.6 Å². The second kappa shape index (κ2) is 7.34. The predicted octanol–water partition coefficient (Wildman–Crippen LogP) is 4.84. The summed E-state index contributed by atoms with van der Waals surface area (Å²) in [6, 6.07) is 14.0. The molecule has 0 fully saturated rings. The number of ether oxygens (including phenoxy) is 1. The molecule has 0 unspecified atom stereocenters. The van der Waals surface area contributed by atoms with Crippen LogP contribution in [0.3, 0.4) is 0 Å². The van der Waals surface area contributed by atoms with Gasteiger partial charge in [0, 0.05) is 12.1 Å². The molecule has 1 amide bonds. The van der Waals surface area contributed by atoms with Crippen LogP contribution in [0.15, 0.2) is 48.5 Å². The first-order valence-electron chi connectivity index (χ1n) is 7.97. The van der Waals surface area contributed by atoms with Crippen molar-refractivity contribution in [2.24, 2.45) is 0 Å². The number of benzene rings is 2. The molecule has 132 valence electrons. The Morgan fingerprint density at radius 2 is 1.80 bits per heavy atom. The molecule has 0 aliphatic rings. The predicted molar refractivity (Wildman–Crippen MR) is 96.7 cm³/mol. The highest BCUT2D eigenvalue weighted by molar-refractivity contribution is 5.89. The van der Waals surface area contributed by atoms with Gasteiger partial charge in [-0.25, -0.2) is 4.79 Å². The van der Waals surface area contributed by atoms with Gasteiger partial charge in [-0.15, -0.1) is 0 Å². The molecule has 0 aliphatic heterocycles. The molecule has 0 heterocycles. The lowest BCUT2D eigenvalue weighted by Gasteiger charge is -2.28. The van der Waals surface area contributed by atoms with Crippen LogP contribution < -0.4 is 4.90 Å². The number of hydrogen-bond donors (Lipinski definition) is 0. The molecule has 0 bridgehead atoms. The van der Waals surface area contributed by atoms with Crippen LogP contribution in [0.1, 0.15) is 31.9 Å². The van der Waals surface area contributed by atoms with Gasteiger partial charge in [-0.3, -0.25) is 15.0 Å². The third kappa shape index (κ3) is 5.04. The Balaban J connectivity index is 2.40. The highest BCUT2D eigenvalue weighted by atomic mass is 16.6. The second-order valence-corrected chi connectivity index (χ2v) is 6.78. The molecule has 2 rings (SSSR count). The normalized spacial score (nSPS) is 11.0. The van der Waals surface area contributed by atoms with Gasteiger partial charge in [-0.2, -0.15) is 0 Å². The summed E-state index contributed by atoms with van der Waals surface area (Å²) in [7, 11) is 0. The standard InChI is InChI=1S/C19H22N2O4/c1-14-12-16(21(23)24)10-11-17(14)20(18(22)25-19(2,3)4)13-15-8-6-5-7-9-15/h5-12H,13H2,1-4H3. The van der Waals surface area contributed by atoms with Crippen LogP contribution in [0.4, 0.5) is 16.2 Å². The van der Waals surface area contributed by atoms with Crippen LogP contribution in [-0.4, -0.2) is 16.6 Å². The van der Waals surface area contributed by atoms with Gasteiger partial charge >= 0.3 is 6.09 Å². The molecule has 2 aromatic carbocycles. The van der Waals surface area contributed by atoms with Crippen LogP contribution in [-0.2, 0) is 11.3 Å². The van der Waals surface area contributed by atoms with Gasteiger partial charge in [-0.05, 0) is 44.9 Å². The zero-order valence-electron chi connectivity index (χ0n) is 14.9. The van der Waals surface area contributed by atoms with Gasteiger partial charge in [0.15, 0.2) is 0 Å². The van der Waals surface area contributed by atoms with Crippen molar-refractivity contribution in [3.05, 3.63) is 69.8 Å². The summed E-state index contributed by atoms with van der Waals surface area (Å²) in [6.45, 7) is 7.45. The topological polar surface area (TPSA) is 72.7 Å². The van der Waals surface area contributed by atoms with Gasteiger partial charge in [-0.1, -0.05) is 30.3 Å². The molecule has 0 spiro atoms. The van der Waals surface area contributed by atoms with Gasteiger partial charge in [0.05, 0.1) is 17.2 Å². The van der Waals surface area contributed by atoms with Gasteiger partial charge in [0.1, 0.15) is 5.60 Å². The first-order valence-corrected chi connectivity index (χ1v) is 7.97. The highest BCUT2D eigenvalue weighted by Gasteiger charge is 2.25. The maximum absolute atomic E-state index is 12.7. The molecule has 2 aromatic rings. The maximum Gasteiger partial charge on any atom is 0.415 e. The minimum atomic E-state index is -0.638. The van der Waals surface area contributed by atoms with Gasteiger partial charge in [0.25, 0.3) is 5.69 Å². The molecule has 0 saturated heterocycles. The summed E-state index contributed by atoms with van der Waals surface area (Å²) >= 11 is 0. The van der Waals surface area contributed by atoms with Crippen molar-refractivity contribution in [3.63, 3.8) is 0 Å². The zero-order valence-corrected chi connectivity index (χ0v) is 14.9. The number of nitro groups is 1. The lowest BCUT2D eigenvalue weighted by Crippen LogP contribution is -2.36. The number of hydrogen-bond acceptors (Lipinski definition) is 4. The summed E-state index contributed by atoms with van der Waals surface area (Å²) in [6.07, 6.45) is -0.492. The van der Waals surface area contributed by atoms with E-state index >= 15 is 0 Å². The first-order chi connectivity index (χ1) is 11.7. The number of aryl methyl sites for hydroxylation is 1. The Bertz CT molecular complexity index is 767.